The molecular weight excluding hydrogens is 401 g/mol. The molecule has 0 heterocycles. The van der Waals surface area contributed by atoms with Crippen LogP contribution in [0.3, 0.4) is 0 Å². The van der Waals surface area contributed by atoms with Crippen LogP contribution < -0.4 is 4.72 Å². The molecule has 2 rings (SSSR count). The topological polar surface area (TPSA) is 92.7 Å². The number of rotatable bonds is 10. The molecule has 0 spiro atoms. The maximum atomic E-state index is 12.6. The summed E-state index contributed by atoms with van der Waals surface area (Å²) in [7, 11) is -3.69. The lowest BCUT2D eigenvalue weighted by molar-refractivity contribution is -0.142. The molecule has 9 heteroatoms. The fourth-order valence-electron chi connectivity index (χ4n) is 2.77. The van der Waals surface area contributed by atoms with Crippen LogP contribution in [0, 0.1) is 0 Å². The molecule has 2 N–H and O–H groups in total. The summed E-state index contributed by atoms with van der Waals surface area (Å²) in [6.07, 6.45) is 5.85. The number of sulfonamides is 1. The number of carbonyl (C=O) groups is 1. The molecule has 26 heavy (non-hydrogen) atoms. The zero-order valence-corrected chi connectivity index (χ0v) is 16.4. The minimum Gasteiger partial charge on any atom is -0.480 e. The maximum absolute atomic E-state index is 12.6. The highest BCUT2D eigenvalue weighted by Crippen LogP contribution is 2.28. The number of unbranched alkanes of at least 4 members (excludes halogenated alkanes) is 1. The van der Waals surface area contributed by atoms with Crippen molar-refractivity contribution < 1.29 is 23.1 Å². The Bertz CT molecular complexity index is 779. The Balaban J connectivity index is 1.87. The summed E-state index contributed by atoms with van der Waals surface area (Å²) < 4.78 is 32.8. The van der Waals surface area contributed by atoms with Crippen molar-refractivity contribution in [3.8, 4) is 0 Å². The van der Waals surface area contributed by atoms with Gasteiger partial charge in [-0.15, -0.1) is 0 Å². The van der Waals surface area contributed by atoms with Crippen LogP contribution in [0.1, 0.15) is 32.1 Å². The van der Waals surface area contributed by atoms with E-state index in [-0.39, 0.29) is 22.6 Å². The lowest BCUT2D eigenvalue weighted by Crippen LogP contribution is -2.34. The monoisotopic (exact) mass is 421 g/mol. The summed E-state index contributed by atoms with van der Waals surface area (Å²) in [5, 5.41) is 8.99. The van der Waals surface area contributed by atoms with Gasteiger partial charge in [-0.25, -0.2) is 17.9 Å². The second kappa shape index (κ2) is 9.71. The summed E-state index contributed by atoms with van der Waals surface area (Å²) in [4.78, 5) is 10.4. The van der Waals surface area contributed by atoms with Gasteiger partial charge in [-0.05, 0) is 50.3 Å². The number of halogens is 2. The molecule has 0 amide bonds. The van der Waals surface area contributed by atoms with E-state index in [4.69, 9.17) is 33.0 Å². The Morgan fingerprint density at radius 2 is 2.04 bits per heavy atom. The summed E-state index contributed by atoms with van der Waals surface area (Å²) in [6, 6.07) is 3.98. The first-order valence-corrected chi connectivity index (χ1v) is 10.5. The molecule has 1 aromatic carbocycles. The minimum absolute atomic E-state index is 0.0835. The van der Waals surface area contributed by atoms with Crippen LogP contribution in [0.4, 0.5) is 0 Å². The van der Waals surface area contributed by atoms with E-state index in [0.717, 1.165) is 31.3 Å². The number of carboxylic acid groups (broad SMARTS) is 1. The highest BCUT2D eigenvalue weighted by Gasteiger charge is 2.25. The average molecular weight is 422 g/mol. The quantitative estimate of drug-likeness (QED) is 0.444. The molecule has 0 saturated carbocycles. The molecule has 0 saturated heterocycles. The number of hydrogen-bond donors (Lipinski definition) is 2. The predicted molar refractivity (Wildman–Crippen MR) is 100 cm³/mol. The van der Waals surface area contributed by atoms with Crippen molar-refractivity contribution in [1.82, 2.24) is 4.72 Å². The third kappa shape index (κ3) is 6.25. The molecule has 0 fully saturated rings. The van der Waals surface area contributed by atoms with Gasteiger partial charge in [-0.1, -0.05) is 34.9 Å². The summed E-state index contributed by atoms with van der Waals surface area (Å²) in [5.41, 5.74) is 1.05. The van der Waals surface area contributed by atoms with E-state index in [2.05, 4.69) is 10.8 Å². The first kappa shape index (κ1) is 21.2. The standard InChI is InChI=1S/C17H21Cl2NO5S/c18-14-8-7-13(10-15(14)19)26(23,24)20-16-6-3-5-12(16)4-1-2-9-25-11-17(21)22/h5,7-8,10,16,20H,1-4,6,9,11H2,(H,21,22)/t16-/m0/s1. The van der Waals surface area contributed by atoms with Gasteiger partial charge in [0, 0.05) is 12.6 Å². The average Bonchev–Trinajstić information content (AvgIpc) is 2.99. The van der Waals surface area contributed by atoms with Gasteiger partial charge < -0.3 is 9.84 Å². The normalized spacial score (nSPS) is 17.3. The zero-order chi connectivity index (χ0) is 19.2. The lowest BCUT2D eigenvalue weighted by Gasteiger charge is -2.17. The first-order valence-electron chi connectivity index (χ1n) is 8.25. The van der Waals surface area contributed by atoms with Crippen molar-refractivity contribution in [3.05, 3.63) is 39.9 Å². The van der Waals surface area contributed by atoms with E-state index < -0.39 is 16.0 Å². The Kier molecular flexibility index (Phi) is 7.91. The summed E-state index contributed by atoms with van der Waals surface area (Å²) in [6.45, 7) is 0.0774. The molecule has 0 radical (unpaired) electrons. The predicted octanol–water partition coefficient (Wildman–Crippen LogP) is 3.63. The van der Waals surface area contributed by atoms with Crippen LogP contribution in [0.2, 0.25) is 10.0 Å². The smallest absolute Gasteiger partial charge is 0.329 e. The first-order chi connectivity index (χ1) is 12.3. The van der Waals surface area contributed by atoms with Crippen molar-refractivity contribution in [1.29, 1.82) is 0 Å². The molecule has 144 valence electrons. The van der Waals surface area contributed by atoms with Gasteiger partial charge in [0.25, 0.3) is 0 Å². The van der Waals surface area contributed by atoms with E-state index in [1.807, 2.05) is 0 Å². The van der Waals surface area contributed by atoms with Crippen molar-refractivity contribution in [2.75, 3.05) is 13.2 Å². The van der Waals surface area contributed by atoms with Gasteiger partial charge in [0.15, 0.2) is 0 Å². The van der Waals surface area contributed by atoms with Crippen LogP contribution in [-0.2, 0) is 19.6 Å². The largest absolute Gasteiger partial charge is 0.480 e. The van der Waals surface area contributed by atoms with Crippen LogP contribution in [0.15, 0.2) is 34.7 Å². The Morgan fingerprint density at radius 3 is 2.73 bits per heavy atom. The minimum atomic E-state index is -3.69. The van der Waals surface area contributed by atoms with E-state index >= 15 is 0 Å². The number of ether oxygens (including phenoxy) is 1. The molecule has 0 aliphatic heterocycles. The van der Waals surface area contributed by atoms with Crippen LogP contribution in [-0.4, -0.2) is 38.7 Å². The van der Waals surface area contributed by atoms with E-state index in [1.54, 1.807) is 0 Å². The zero-order valence-electron chi connectivity index (χ0n) is 14.1. The lowest BCUT2D eigenvalue weighted by atomic mass is 10.1. The fraction of sp³-hybridized carbons (Fsp3) is 0.471. The Hall–Kier alpha value is -1.12. The number of aliphatic carboxylic acids is 1. The summed E-state index contributed by atoms with van der Waals surface area (Å²) >= 11 is 11.7. The highest BCUT2D eigenvalue weighted by molar-refractivity contribution is 7.89. The molecule has 0 aromatic heterocycles. The highest BCUT2D eigenvalue weighted by atomic mass is 35.5. The number of carboxylic acids is 1. The third-order valence-electron chi connectivity index (χ3n) is 4.04. The van der Waals surface area contributed by atoms with Gasteiger partial charge >= 0.3 is 5.97 Å². The van der Waals surface area contributed by atoms with Crippen LogP contribution >= 0.6 is 23.2 Å². The number of hydrogen-bond acceptors (Lipinski definition) is 4. The third-order valence-corrected chi connectivity index (χ3v) is 6.25. The second-order valence-electron chi connectivity index (χ2n) is 6.01. The van der Waals surface area contributed by atoms with E-state index in [0.29, 0.717) is 18.1 Å². The van der Waals surface area contributed by atoms with E-state index in [1.165, 1.54) is 18.2 Å². The SMILES string of the molecule is O=C(O)COCCCCC1=CCC[C@@H]1NS(=O)(=O)c1ccc(Cl)c(Cl)c1. The van der Waals surface area contributed by atoms with Gasteiger partial charge in [0.1, 0.15) is 6.61 Å². The molecule has 1 atom stereocenters. The van der Waals surface area contributed by atoms with Gasteiger partial charge in [0.2, 0.25) is 10.0 Å². The number of benzene rings is 1. The number of allylic oxidation sites excluding steroid dienone is 1. The molecule has 1 aliphatic rings. The fourth-order valence-corrected chi connectivity index (χ4v) is 4.43. The van der Waals surface area contributed by atoms with E-state index in [9.17, 15) is 13.2 Å². The number of nitrogens with one attached hydrogen (secondary N) is 1. The van der Waals surface area contributed by atoms with Crippen molar-refractivity contribution in [2.24, 2.45) is 0 Å². The molecule has 0 unspecified atom stereocenters. The van der Waals surface area contributed by atoms with Crippen LogP contribution in [0.25, 0.3) is 0 Å². The Morgan fingerprint density at radius 1 is 1.27 bits per heavy atom. The summed E-state index contributed by atoms with van der Waals surface area (Å²) in [5.74, 6) is -0.986. The van der Waals surface area contributed by atoms with Gasteiger partial charge in [-0.3, -0.25) is 0 Å². The maximum Gasteiger partial charge on any atom is 0.329 e. The van der Waals surface area contributed by atoms with Crippen molar-refractivity contribution >= 4 is 39.2 Å². The Labute approximate surface area is 163 Å². The van der Waals surface area contributed by atoms with Crippen molar-refractivity contribution in [2.45, 2.75) is 43.0 Å². The molecule has 0 bridgehead atoms. The molecule has 1 aliphatic carbocycles. The molecule has 6 nitrogen and oxygen atoms in total. The van der Waals surface area contributed by atoms with Crippen LogP contribution in [0.5, 0.6) is 0 Å². The van der Waals surface area contributed by atoms with Gasteiger partial charge in [0.05, 0.1) is 14.9 Å². The molecular formula is C17H21Cl2NO5S. The van der Waals surface area contributed by atoms with Crippen molar-refractivity contribution in [3.63, 3.8) is 0 Å². The van der Waals surface area contributed by atoms with Gasteiger partial charge in [-0.2, -0.15) is 0 Å². The molecule has 1 aromatic rings. The second-order valence-corrected chi connectivity index (χ2v) is 8.54.